The lowest BCUT2D eigenvalue weighted by Crippen LogP contribution is -2.23. The van der Waals surface area contributed by atoms with E-state index in [1.807, 2.05) is 54.6 Å². The smallest absolute Gasteiger partial charge is 0.291 e. The number of aromatic nitrogens is 3. The fourth-order valence-electron chi connectivity index (χ4n) is 2.62. The summed E-state index contributed by atoms with van der Waals surface area (Å²) in [6, 6.07) is 15.4. The third-order valence-corrected chi connectivity index (χ3v) is 5.60. The molecule has 0 bridgehead atoms. The Morgan fingerprint density at radius 2 is 1.96 bits per heavy atom. The third-order valence-electron chi connectivity index (χ3n) is 3.95. The molecule has 0 aliphatic carbocycles. The molecule has 0 unspecified atom stereocenters. The molecule has 2 aromatic heterocycles. The molecule has 0 saturated carbocycles. The third kappa shape index (κ3) is 3.65. The number of fused-ring (bicyclic) bond motifs is 1. The van der Waals surface area contributed by atoms with E-state index in [9.17, 15) is 4.79 Å². The van der Waals surface area contributed by atoms with Crippen LogP contribution < -0.4 is 14.8 Å². The van der Waals surface area contributed by atoms with Crippen molar-refractivity contribution in [2.24, 2.45) is 0 Å². The molecule has 0 amide bonds. The standard InChI is InChI=1S/C20H16BrN3O2S/c1-2-11-26-14-9-7-13(8-10-14)12-17-19(25)24-20(27-17)22-18(23-24)15-5-3-4-6-16(15)21/h3-10,12H,2,11H2,1H3/b17-12+. The predicted molar refractivity (Wildman–Crippen MR) is 111 cm³/mol. The van der Waals surface area contributed by atoms with Gasteiger partial charge in [0.2, 0.25) is 4.96 Å². The number of rotatable bonds is 5. The van der Waals surface area contributed by atoms with Crippen molar-refractivity contribution in [1.82, 2.24) is 14.6 Å². The summed E-state index contributed by atoms with van der Waals surface area (Å²) in [4.78, 5) is 17.8. The van der Waals surface area contributed by atoms with E-state index < -0.39 is 0 Å². The topological polar surface area (TPSA) is 56.5 Å². The Hall–Kier alpha value is -2.51. The van der Waals surface area contributed by atoms with E-state index in [0.717, 1.165) is 27.8 Å². The summed E-state index contributed by atoms with van der Waals surface area (Å²) in [5.74, 6) is 1.37. The summed E-state index contributed by atoms with van der Waals surface area (Å²) in [5, 5.41) is 4.39. The summed E-state index contributed by atoms with van der Waals surface area (Å²) < 4.78 is 8.45. The summed E-state index contributed by atoms with van der Waals surface area (Å²) >= 11 is 4.83. The number of halogens is 1. The van der Waals surface area contributed by atoms with Gasteiger partial charge in [-0.1, -0.05) is 58.5 Å². The van der Waals surface area contributed by atoms with Crippen LogP contribution in [0.15, 0.2) is 57.8 Å². The quantitative estimate of drug-likeness (QED) is 0.470. The van der Waals surface area contributed by atoms with Gasteiger partial charge in [-0.2, -0.15) is 9.50 Å². The lowest BCUT2D eigenvalue weighted by Gasteiger charge is -2.03. The molecule has 7 heteroatoms. The van der Waals surface area contributed by atoms with Gasteiger partial charge in [0.05, 0.1) is 11.1 Å². The lowest BCUT2D eigenvalue weighted by molar-refractivity contribution is 0.317. The molecule has 4 rings (SSSR count). The van der Waals surface area contributed by atoms with Gasteiger partial charge in [0.1, 0.15) is 5.75 Å². The van der Waals surface area contributed by atoms with E-state index in [1.54, 1.807) is 0 Å². The van der Waals surface area contributed by atoms with E-state index in [1.165, 1.54) is 15.9 Å². The molecule has 5 nitrogen and oxygen atoms in total. The van der Waals surface area contributed by atoms with Crippen molar-refractivity contribution in [3.8, 4) is 17.1 Å². The fraction of sp³-hybridized carbons (Fsp3) is 0.150. The first kappa shape index (κ1) is 17.9. The van der Waals surface area contributed by atoms with E-state index in [0.29, 0.717) is 21.9 Å². The number of thiazole rings is 1. The van der Waals surface area contributed by atoms with Crippen LogP contribution in [0.2, 0.25) is 0 Å². The molecular formula is C20H16BrN3O2S. The molecule has 0 aliphatic heterocycles. The van der Waals surface area contributed by atoms with Crippen molar-refractivity contribution >= 4 is 38.3 Å². The van der Waals surface area contributed by atoms with Crippen molar-refractivity contribution in [3.63, 3.8) is 0 Å². The molecule has 0 fully saturated rings. The molecule has 0 aliphatic rings. The minimum absolute atomic E-state index is 0.160. The minimum Gasteiger partial charge on any atom is -0.494 e. The van der Waals surface area contributed by atoms with Gasteiger partial charge < -0.3 is 4.74 Å². The van der Waals surface area contributed by atoms with Crippen LogP contribution in [-0.4, -0.2) is 21.2 Å². The molecule has 136 valence electrons. The number of nitrogens with zero attached hydrogens (tertiary/aromatic N) is 3. The van der Waals surface area contributed by atoms with Gasteiger partial charge in [0, 0.05) is 10.0 Å². The van der Waals surface area contributed by atoms with Gasteiger partial charge in [-0.05, 0) is 42.3 Å². The van der Waals surface area contributed by atoms with Gasteiger partial charge in [-0.3, -0.25) is 4.79 Å². The van der Waals surface area contributed by atoms with Crippen molar-refractivity contribution in [2.75, 3.05) is 6.61 Å². The molecular weight excluding hydrogens is 426 g/mol. The Morgan fingerprint density at radius 1 is 1.19 bits per heavy atom. The highest BCUT2D eigenvalue weighted by molar-refractivity contribution is 9.10. The summed E-state index contributed by atoms with van der Waals surface area (Å²) in [5.41, 5.74) is 1.64. The van der Waals surface area contributed by atoms with Gasteiger partial charge >= 0.3 is 0 Å². The van der Waals surface area contributed by atoms with Crippen LogP contribution in [0.5, 0.6) is 5.75 Å². The van der Waals surface area contributed by atoms with E-state index in [-0.39, 0.29) is 5.56 Å². The first-order valence-corrected chi connectivity index (χ1v) is 10.2. The average Bonchev–Trinajstić information content (AvgIpc) is 3.21. The lowest BCUT2D eigenvalue weighted by atomic mass is 10.2. The Kier molecular flexibility index (Phi) is 5.05. The highest BCUT2D eigenvalue weighted by atomic mass is 79.9. The number of ether oxygens (including phenoxy) is 1. The first-order chi connectivity index (χ1) is 13.2. The molecule has 0 N–H and O–H groups in total. The van der Waals surface area contributed by atoms with E-state index in [2.05, 4.69) is 32.9 Å². The zero-order valence-electron chi connectivity index (χ0n) is 14.6. The predicted octanol–water partition coefficient (Wildman–Crippen LogP) is 3.92. The maximum absolute atomic E-state index is 12.7. The highest BCUT2D eigenvalue weighted by Crippen LogP contribution is 2.25. The van der Waals surface area contributed by atoms with Crippen LogP contribution in [0.4, 0.5) is 0 Å². The molecule has 0 radical (unpaired) electrons. The number of benzene rings is 2. The number of hydrogen-bond donors (Lipinski definition) is 0. The Morgan fingerprint density at radius 3 is 2.67 bits per heavy atom. The molecule has 2 aromatic carbocycles. The van der Waals surface area contributed by atoms with Crippen molar-refractivity contribution in [2.45, 2.75) is 13.3 Å². The Balaban J connectivity index is 1.68. The van der Waals surface area contributed by atoms with Crippen LogP contribution in [0.25, 0.3) is 22.4 Å². The zero-order chi connectivity index (χ0) is 18.8. The van der Waals surface area contributed by atoms with Gasteiger partial charge in [0.15, 0.2) is 5.82 Å². The Bertz CT molecular complexity index is 1200. The van der Waals surface area contributed by atoms with Crippen LogP contribution >= 0.6 is 27.3 Å². The van der Waals surface area contributed by atoms with Gasteiger partial charge in [0.25, 0.3) is 5.56 Å². The van der Waals surface area contributed by atoms with Crippen LogP contribution in [0.3, 0.4) is 0 Å². The second-order valence-corrected chi connectivity index (χ2v) is 7.81. The van der Waals surface area contributed by atoms with Crippen LogP contribution in [0.1, 0.15) is 18.9 Å². The van der Waals surface area contributed by atoms with Crippen molar-refractivity contribution in [1.29, 1.82) is 0 Å². The highest BCUT2D eigenvalue weighted by Gasteiger charge is 2.13. The zero-order valence-corrected chi connectivity index (χ0v) is 17.0. The van der Waals surface area contributed by atoms with Gasteiger partial charge in [-0.15, -0.1) is 5.10 Å². The first-order valence-electron chi connectivity index (χ1n) is 8.55. The maximum Gasteiger partial charge on any atom is 0.291 e. The second-order valence-electron chi connectivity index (χ2n) is 5.94. The fourth-order valence-corrected chi connectivity index (χ4v) is 3.99. The van der Waals surface area contributed by atoms with Crippen LogP contribution in [-0.2, 0) is 0 Å². The largest absolute Gasteiger partial charge is 0.494 e. The SMILES string of the molecule is CCCOc1ccc(/C=c2/sc3nc(-c4ccccc4Br)nn3c2=O)cc1. The summed E-state index contributed by atoms with van der Waals surface area (Å²) in [7, 11) is 0. The summed E-state index contributed by atoms with van der Waals surface area (Å²) in [6.45, 7) is 2.77. The van der Waals surface area contributed by atoms with Gasteiger partial charge in [-0.25, -0.2) is 0 Å². The van der Waals surface area contributed by atoms with Crippen LogP contribution in [0, 0.1) is 0 Å². The average molecular weight is 442 g/mol. The van der Waals surface area contributed by atoms with E-state index in [4.69, 9.17) is 4.74 Å². The maximum atomic E-state index is 12.7. The van der Waals surface area contributed by atoms with Crippen molar-refractivity contribution < 1.29 is 4.74 Å². The van der Waals surface area contributed by atoms with Crippen molar-refractivity contribution in [3.05, 3.63) is 73.5 Å². The molecule has 2 heterocycles. The minimum atomic E-state index is -0.160. The normalized spacial score (nSPS) is 12.0. The summed E-state index contributed by atoms with van der Waals surface area (Å²) in [6.07, 6.45) is 2.82. The molecule has 0 saturated heterocycles. The molecule has 0 spiro atoms. The molecule has 4 aromatic rings. The van der Waals surface area contributed by atoms with E-state index >= 15 is 0 Å². The Labute approximate surface area is 168 Å². The second kappa shape index (κ2) is 7.62. The monoisotopic (exact) mass is 441 g/mol. The number of hydrogen-bond acceptors (Lipinski definition) is 5. The molecule has 0 atom stereocenters. The molecule has 27 heavy (non-hydrogen) atoms.